The van der Waals surface area contributed by atoms with Crippen LogP contribution >= 0.6 is 0 Å². The van der Waals surface area contributed by atoms with Gasteiger partial charge in [0.05, 0.1) is 18.7 Å². The van der Waals surface area contributed by atoms with Gasteiger partial charge in [-0.25, -0.2) is 10.2 Å². The molecule has 0 bridgehead atoms. The van der Waals surface area contributed by atoms with Crippen LogP contribution in [-0.4, -0.2) is 28.2 Å². The second-order valence-corrected chi connectivity index (χ2v) is 6.71. The number of pyridine rings is 1. The Morgan fingerprint density at radius 2 is 2.00 bits per heavy atom. The van der Waals surface area contributed by atoms with E-state index in [1.807, 2.05) is 6.07 Å². The zero-order chi connectivity index (χ0) is 21.4. The van der Waals surface area contributed by atoms with Gasteiger partial charge in [-0.05, 0) is 25.0 Å². The van der Waals surface area contributed by atoms with E-state index in [9.17, 15) is 18.4 Å². The quantitative estimate of drug-likeness (QED) is 0.436. The number of carbonyl (C=O) groups is 1. The Kier molecular flexibility index (Phi) is 7.90. The van der Waals surface area contributed by atoms with Gasteiger partial charge in [-0.3, -0.25) is 9.59 Å². The minimum absolute atomic E-state index is 0.0334. The third-order valence-electron chi connectivity index (χ3n) is 4.05. The SMILES string of the molecule is C/C(N)=C/N(N)CC(F)CCn1ccc(NC(=O)Cc2ccccc2)c(F)c1=O. The minimum Gasteiger partial charge on any atom is -0.401 e. The Morgan fingerprint density at radius 1 is 1.31 bits per heavy atom. The van der Waals surface area contributed by atoms with Crippen molar-refractivity contribution in [2.45, 2.75) is 32.5 Å². The van der Waals surface area contributed by atoms with Gasteiger partial charge in [0.2, 0.25) is 11.7 Å². The number of aromatic nitrogens is 1. The summed E-state index contributed by atoms with van der Waals surface area (Å²) < 4.78 is 29.4. The highest BCUT2D eigenvalue weighted by molar-refractivity contribution is 5.92. The molecule has 29 heavy (non-hydrogen) atoms. The Bertz CT molecular complexity index is 911. The Labute approximate surface area is 167 Å². The zero-order valence-electron chi connectivity index (χ0n) is 16.1. The van der Waals surface area contributed by atoms with Crippen molar-refractivity contribution >= 4 is 11.6 Å². The maximum absolute atomic E-state index is 14.3. The van der Waals surface area contributed by atoms with Gasteiger partial charge in [-0.2, -0.15) is 4.39 Å². The minimum atomic E-state index is -1.34. The van der Waals surface area contributed by atoms with Crippen LogP contribution in [0.3, 0.4) is 0 Å². The number of rotatable bonds is 9. The molecule has 0 radical (unpaired) electrons. The van der Waals surface area contributed by atoms with Crippen LogP contribution in [0.1, 0.15) is 18.9 Å². The van der Waals surface area contributed by atoms with Gasteiger partial charge in [-0.15, -0.1) is 0 Å². The fraction of sp³-hybridized carbons (Fsp3) is 0.300. The molecule has 1 unspecified atom stereocenters. The van der Waals surface area contributed by atoms with Crippen molar-refractivity contribution in [3.05, 3.63) is 76.2 Å². The highest BCUT2D eigenvalue weighted by Gasteiger charge is 2.15. The van der Waals surface area contributed by atoms with Gasteiger partial charge in [0, 0.05) is 24.6 Å². The Hall–Kier alpha value is -3.20. The molecule has 0 spiro atoms. The summed E-state index contributed by atoms with van der Waals surface area (Å²) in [5.74, 6) is 4.05. The number of allylic oxidation sites excluding steroid dienone is 1. The Balaban J connectivity index is 1.95. The van der Waals surface area contributed by atoms with Crippen molar-refractivity contribution in [1.29, 1.82) is 0 Å². The predicted molar refractivity (Wildman–Crippen MR) is 108 cm³/mol. The first-order chi connectivity index (χ1) is 13.8. The third kappa shape index (κ3) is 7.04. The molecule has 9 heteroatoms. The van der Waals surface area contributed by atoms with Crippen molar-refractivity contribution in [3.63, 3.8) is 0 Å². The molecule has 1 aromatic carbocycles. The first-order valence-corrected chi connectivity index (χ1v) is 9.08. The van der Waals surface area contributed by atoms with Crippen molar-refractivity contribution in [1.82, 2.24) is 9.58 Å². The summed E-state index contributed by atoms with van der Waals surface area (Å²) in [4.78, 5) is 24.2. The lowest BCUT2D eigenvalue weighted by molar-refractivity contribution is -0.115. The number of alkyl halides is 1. The average Bonchev–Trinajstić information content (AvgIpc) is 2.65. The van der Waals surface area contributed by atoms with Crippen LogP contribution in [0.15, 0.2) is 59.3 Å². The predicted octanol–water partition coefficient (Wildman–Crippen LogP) is 1.89. The van der Waals surface area contributed by atoms with Gasteiger partial charge in [0.15, 0.2) is 0 Å². The highest BCUT2D eigenvalue weighted by Crippen LogP contribution is 2.11. The van der Waals surface area contributed by atoms with E-state index in [-0.39, 0.29) is 31.6 Å². The van der Waals surface area contributed by atoms with Gasteiger partial charge in [0.25, 0.3) is 5.56 Å². The summed E-state index contributed by atoms with van der Waals surface area (Å²) in [5, 5.41) is 3.51. The van der Waals surface area contributed by atoms with Gasteiger partial charge in [0.1, 0.15) is 6.17 Å². The van der Waals surface area contributed by atoms with E-state index in [1.165, 1.54) is 18.5 Å². The number of hydrogen-bond donors (Lipinski definition) is 3. The Morgan fingerprint density at radius 3 is 2.66 bits per heavy atom. The smallest absolute Gasteiger partial charge is 0.288 e. The molecule has 2 rings (SSSR count). The van der Waals surface area contributed by atoms with E-state index in [2.05, 4.69) is 5.32 Å². The molecule has 0 aliphatic rings. The molecule has 7 nitrogen and oxygen atoms in total. The number of hydrazine groups is 1. The molecule has 1 heterocycles. The number of nitrogens with one attached hydrogen (secondary N) is 1. The molecular weight excluding hydrogens is 380 g/mol. The molecular formula is C20H25F2N5O2. The number of anilines is 1. The van der Waals surface area contributed by atoms with Crippen LogP contribution in [0.25, 0.3) is 0 Å². The van der Waals surface area contributed by atoms with E-state index in [4.69, 9.17) is 11.6 Å². The van der Waals surface area contributed by atoms with Crippen molar-refractivity contribution in [3.8, 4) is 0 Å². The van der Waals surface area contributed by atoms with E-state index in [1.54, 1.807) is 31.2 Å². The van der Waals surface area contributed by atoms with Crippen LogP contribution < -0.4 is 22.5 Å². The van der Waals surface area contributed by atoms with Crippen LogP contribution in [0.4, 0.5) is 14.5 Å². The topological polar surface area (TPSA) is 106 Å². The highest BCUT2D eigenvalue weighted by atomic mass is 19.1. The van der Waals surface area contributed by atoms with Gasteiger partial charge >= 0.3 is 0 Å². The molecule has 2 aromatic rings. The first-order valence-electron chi connectivity index (χ1n) is 9.08. The molecule has 0 saturated carbocycles. The van der Waals surface area contributed by atoms with E-state index in [0.29, 0.717) is 5.70 Å². The van der Waals surface area contributed by atoms with Crippen LogP contribution in [-0.2, 0) is 17.8 Å². The maximum atomic E-state index is 14.3. The van der Waals surface area contributed by atoms with Crippen LogP contribution in [0.2, 0.25) is 0 Å². The molecule has 1 atom stereocenters. The first kappa shape index (κ1) is 22.1. The summed E-state index contributed by atoms with van der Waals surface area (Å²) >= 11 is 0. The molecule has 0 aliphatic heterocycles. The average molecular weight is 405 g/mol. The van der Waals surface area contributed by atoms with Crippen LogP contribution in [0.5, 0.6) is 0 Å². The van der Waals surface area contributed by atoms with E-state index in [0.717, 1.165) is 15.1 Å². The zero-order valence-corrected chi connectivity index (χ0v) is 16.1. The number of aryl methyl sites for hydroxylation is 1. The summed E-state index contributed by atoms with van der Waals surface area (Å²) in [5.41, 5.74) is 5.52. The number of halogens is 2. The monoisotopic (exact) mass is 405 g/mol. The molecule has 0 saturated heterocycles. The number of nitrogens with two attached hydrogens (primary N) is 2. The maximum Gasteiger partial charge on any atom is 0.288 e. The fourth-order valence-corrected chi connectivity index (χ4v) is 2.71. The number of carbonyl (C=O) groups excluding carboxylic acids is 1. The summed E-state index contributed by atoms with van der Waals surface area (Å²) in [6, 6.07) is 10.2. The molecule has 156 valence electrons. The molecule has 5 N–H and O–H groups in total. The largest absolute Gasteiger partial charge is 0.401 e. The third-order valence-corrected chi connectivity index (χ3v) is 4.05. The summed E-state index contributed by atoms with van der Waals surface area (Å²) in [6.07, 6.45) is 1.39. The van der Waals surface area contributed by atoms with Crippen molar-refractivity contribution < 1.29 is 13.6 Å². The lowest BCUT2D eigenvalue weighted by Crippen LogP contribution is -2.34. The van der Waals surface area contributed by atoms with E-state index < -0.39 is 23.5 Å². The number of hydrogen-bond acceptors (Lipinski definition) is 5. The molecule has 1 amide bonds. The van der Waals surface area contributed by atoms with Gasteiger partial charge < -0.3 is 20.6 Å². The summed E-state index contributed by atoms with van der Waals surface area (Å²) in [6.45, 7) is 1.48. The van der Waals surface area contributed by atoms with Crippen molar-refractivity contribution in [2.75, 3.05) is 11.9 Å². The standard InChI is InChI=1S/C20H25F2N5O2/c1-14(23)12-27(24)13-16(21)7-9-26-10-8-17(19(22)20(26)29)25-18(28)11-15-5-3-2-4-6-15/h2-6,8,10,12,16H,7,9,11,13,23-24H2,1H3,(H,25,28)/b14-12-. The molecule has 0 aliphatic carbocycles. The van der Waals surface area contributed by atoms with E-state index >= 15 is 0 Å². The normalized spacial score (nSPS) is 12.5. The van der Waals surface area contributed by atoms with Crippen LogP contribution in [0, 0.1) is 5.82 Å². The second-order valence-electron chi connectivity index (χ2n) is 6.71. The lowest BCUT2D eigenvalue weighted by atomic mass is 10.1. The fourth-order valence-electron chi connectivity index (χ4n) is 2.71. The van der Waals surface area contributed by atoms with Gasteiger partial charge in [-0.1, -0.05) is 30.3 Å². The van der Waals surface area contributed by atoms with Crippen molar-refractivity contribution in [2.24, 2.45) is 11.6 Å². The lowest BCUT2D eigenvalue weighted by Gasteiger charge is -2.17. The molecule has 1 aromatic heterocycles. The molecule has 0 fully saturated rings. The number of nitrogens with zero attached hydrogens (tertiary/aromatic N) is 2. The number of benzene rings is 1. The second kappa shape index (κ2) is 10.4. The summed E-state index contributed by atoms with van der Waals surface area (Å²) in [7, 11) is 0. The number of amides is 1.